The third-order valence-corrected chi connectivity index (χ3v) is 5.17. The van der Waals surface area contributed by atoms with Crippen molar-refractivity contribution in [2.75, 3.05) is 12.4 Å². The number of hydrogen-bond acceptors (Lipinski definition) is 6. The molecule has 0 fully saturated rings. The SMILES string of the molecule is COc1ccc(NC(=O)Oc2cccc(C(=O)c3nc4ccccc4s3)c2)cc1. The molecule has 144 valence electrons. The number of methoxy groups -OCH3 is 1. The normalized spacial score (nSPS) is 10.5. The van der Waals surface area contributed by atoms with Crippen molar-refractivity contribution in [1.29, 1.82) is 0 Å². The lowest BCUT2D eigenvalue weighted by molar-refractivity contribution is 0.103. The van der Waals surface area contributed by atoms with Gasteiger partial charge in [-0.25, -0.2) is 9.78 Å². The fourth-order valence-corrected chi connectivity index (χ4v) is 3.65. The van der Waals surface area contributed by atoms with Crippen LogP contribution in [0.15, 0.2) is 72.8 Å². The summed E-state index contributed by atoms with van der Waals surface area (Å²) in [6, 6.07) is 20.9. The van der Waals surface area contributed by atoms with Crippen LogP contribution in [0.2, 0.25) is 0 Å². The highest BCUT2D eigenvalue weighted by atomic mass is 32.1. The lowest BCUT2D eigenvalue weighted by Gasteiger charge is -2.08. The number of rotatable bonds is 5. The quantitative estimate of drug-likeness (QED) is 0.466. The highest BCUT2D eigenvalue weighted by molar-refractivity contribution is 7.20. The summed E-state index contributed by atoms with van der Waals surface area (Å²) in [5.74, 6) is 0.736. The van der Waals surface area contributed by atoms with Gasteiger partial charge in [-0.3, -0.25) is 10.1 Å². The first-order valence-electron chi connectivity index (χ1n) is 8.75. The van der Waals surface area contributed by atoms with E-state index in [1.165, 1.54) is 17.4 Å². The van der Waals surface area contributed by atoms with E-state index in [9.17, 15) is 9.59 Å². The molecule has 0 radical (unpaired) electrons. The van der Waals surface area contributed by atoms with Gasteiger partial charge in [-0.05, 0) is 48.5 Å². The number of benzene rings is 3. The fourth-order valence-electron chi connectivity index (χ4n) is 2.72. The smallest absolute Gasteiger partial charge is 0.417 e. The fraction of sp³-hybridized carbons (Fsp3) is 0.0455. The van der Waals surface area contributed by atoms with Crippen molar-refractivity contribution in [2.45, 2.75) is 0 Å². The van der Waals surface area contributed by atoms with Crippen molar-refractivity contribution >= 4 is 39.1 Å². The van der Waals surface area contributed by atoms with Crippen molar-refractivity contribution in [1.82, 2.24) is 4.98 Å². The van der Waals surface area contributed by atoms with E-state index >= 15 is 0 Å². The highest BCUT2D eigenvalue weighted by Crippen LogP contribution is 2.25. The van der Waals surface area contributed by atoms with Crippen molar-refractivity contribution in [2.24, 2.45) is 0 Å². The second-order valence-electron chi connectivity index (χ2n) is 6.09. The second kappa shape index (κ2) is 8.12. The lowest BCUT2D eigenvalue weighted by atomic mass is 10.1. The Balaban J connectivity index is 1.47. The van der Waals surface area contributed by atoms with Crippen LogP contribution in [0.25, 0.3) is 10.2 Å². The van der Waals surface area contributed by atoms with Crippen LogP contribution in [0.3, 0.4) is 0 Å². The molecule has 6 nitrogen and oxygen atoms in total. The zero-order valence-corrected chi connectivity index (χ0v) is 16.2. The Morgan fingerprint density at radius 2 is 1.72 bits per heavy atom. The molecule has 4 rings (SSSR count). The zero-order chi connectivity index (χ0) is 20.2. The van der Waals surface area contributed by atoms with Crippen LogP contribution < -0.4 is 14.8 Å². The standard InChI is InChI=1S/C22H16N2O4S/c1-27-16-11-9-15(10-12-16)23-22(26)28-17-6-4-5-14(13-17)20(25)21-24-18-7-2-3-8-19(18)29-21/h2-13H,1H3,(H,23,26). The topological polar surface area (TPSA) is 77.5 Å². The molecular formula is C22H16N2O4S. The molecule has 4 aromatic rings. The van der Waals surface area contributed by atoms with Crippen LogP contribution in [0.1, 0.15) is 15.4 Å². The minimum Gasteiger partial charge on any atom is -0.497 e. The average Bonchev–Trinajstić information content (AvgIpc) is 3.18. The number of ketones is 1. The summed E-state index contributed by atoms with van der Waals surface area (Å²) in [6.45, 7) is 0. The Kier molecular flexibility index (Phi) is 5.22. The molecule has 29 heavy (non-hydrogen) atoms. The van der Waals surface area contributed by atoms with E-state index in [-0.39, 0.29) is 11.5 Å². The number of thiazole rings is 1. The van der Waals surface area contributed by atoms with Gasteiger partial charge in [-0.2, -0.15) is 0 Å². The second-order valence-corrected chi connectivity index (χ2v) is 7.12. The molecule has 1 amide bonds. The van der Waals surface area contributed by atoms with Crippen molar-refractivity contribution in [3.05, 3.63) is 83.4 Å². The molecule has 0 spiro atoms. The van der Waals surface area contributed by atoms with Crippen LogP contribution in [-0.4, -0.2) is 24.0 Å². The number of hydrogen-bond donors (Lipinski definition) is 1. The van der Waals surface area contributed by atoms with Gasteiger partial charge in [-0.1, -0.05) is 24.3 Å². The van der Waals surface area contributed by atoms with Crippen LogP contribution in [-0.2, 0) is 0 Å². The molecule has 0 aliphatic carbocycles. The van der Waals surface area contributed by atoms with E-state index in [1.54, 1.807) is 49.6 Å². The first-order chi connectivity index (χ1) is 14.1. The summed E-state index contributed by atoms with van der Waals surface area (Å²) in [5, 5.41) is 3.02. The first-order valence-corrected chi connectivity index (χ1v) is 9.57. The number of para-hydroxylation sites is 1. The third-order valence-electron chi connectivity index (χ3n) is 4.13. The van der Waals surface area contributed by atoms with Gasteiger partial charge in [0.2, 0.25) is 5.78 Å². The summed E-state index contributed by atoms with van der Waals surface area (Å²) >= 11 is 1.33. The first kappa shape index (κ1) is 18.6. The van der Waals surface area contributed by atoms with Crippen LogP contribution in [0, 0.1) is 0 Å². The Morgan fingerprint density at radius 1 is 0.931 bits per heavy atom. The highest BCUT2D eigenvalue weighted by Gasteiger charge is 2.16. The van der Waals surface area contributed by atoms with Crippen LogP contribution in [0.5, 0.6) is 11.5 Å². The summed E-state index contributed by atoms with van der Waals surface area (Å²) in [4.78, 5) is 29.3. The number of fused-ring (bicyclic) bond motifs is 1. The molecule has 3 aromatic carbocycles. The van der Waals surface area contributed by atoms with E-state index in [0.717, 1.165) is 10.2 Å². The summed E-state index contributed by atoms with van der Waals surface area (Å²) < 4.78 is 11.3. The van der Waals surface area contributed by atoms with Crippen molar-refractivity contribution in [3.63, 3.8) is 0 Å². The van der Waals surface area contributed by atoms with Crippen molar-refractivity contribution in [3.8, 4) is 11.5 Å². The molecule has 0 unspecified atom stereocenters. The minimum atomic E-state index is -0.653. The molecule has 0 saturated heterocycles. The maximum absolute atomic E-state index is 12.8. The van der Waals surface area contributed by atoms with E-state index < -0.39 is 6.09 Å². The molecule has 0 bridgehead atoms. The van der Waals surface area contributed by atoms with Gasteiger partial charge in [0.05, 0.1) is 17.3 Å². The maximum Gasteiger partial charge on any atom is 0.417 e. The Morgan fingerprint density at radius 3 is 2.48 bits per heavy atom. The van der Waals surface area contributed by atoms with Crippen molar-refractivity contribution < 1.29 is 19.1 Å². The maximum atomic E-state index is 12.8. The van der Waals surface area contributed by atoms with E-state index in [4.69, 9.17) is 9.47 Å². The van der Waals surface area contributed by atoms with Gasteiger partial charge >= 0.3 is 6.09 Å². The minimum absolute atomic E-state index is 0.216. The number of aromatic nitrogens is 1. The molecular weight excluding hydrogens is 388 g/mol. The number of nitrogens with zero attached hydrogens (tertiary/aromatic N) is 1. The summed E-state index contributed by atoms with van der Waals surface area (Å²) in [6.07, 6.45) is -0.653. The number of carbonyl (C=O) groups is 2. The lowest BCUT2D eigenvalue weighted by Crippen LogP contribution is -2.16. The van der Waals surface area contributed by atoms with E-state index in [1.807, 2.05) is 24.3 Å². The summed E-state index contributed by atoms with van der Waals surface area (Å²) in [7, 11) is 1.57. The Hall–Kier alpha value is -3.71. The number of amides is 1. The van der Waals surface area contributed by atoms with Gasteiger partial charge in [0, 0.05) is 11.3 Å². The number of carbonyl (C=O) groups excluding carboxylic acids is 2. The molecule has 7 heteroatoms. The van der Waals surface area contributed by atoms with Gasteiger partial charge in [0.25, 0.3) is 0 Å². The van der Waals surface area contributed by atoms with Gasteiger partial charge in [-0.15, -0.1) is 11.3 Å². The predicted octanol–water partition coefficient (Wildman–Crippen LogP) is 5.15. The monoisotopic (exact) mass is 404 g/mol. The molecule has 0 aliphatic heterocycles. The summed E-state index contributed by atoms with van der Waals surface area (Å²) in [5.41, 5.74) is 1.75. The predicted molar refractivity (Wildman–Crippen MR) is 112 cm³/mol. The largest absolute Gasteiger partial charge is 0.497 e. The number of nitrogens with one attached hydrogen (secondary N) is 1. The molecule has 1 heterocycles. The van der Waals surface area contributed by atoms with E-state index in [2.05, 4.69) is 10.3 Å². The molecule has 0 aliphatic rings. The molecule has 1 N–H and O–H groups in total. The number of anilines is 1. The third kappa shape index (κ3) is 4.25. The Bertz CT molecular complexity index is 1150. The molecule has 0 saturated carbocycles. The van der Waals surface area contributed by atoms with E-state index in [0.29, 0.717) is 22.0 Å². The molecule has 0 atom stereocenters. The Labute approximate surface area is 170 Å². The average molecular weight is 404 g/mol. The zero-order valence-electron chi connectivity index (χ0n) is 15.4. The van der Waals surface area contributed by atoms with Crippen LogP contribution >= 0.6 is 11.3 Å². The number of ether oxygens (including phenoxy) is 2. The van der Waals surface area contributed by atoms with Gasteiger partial charge in [0.1, 0.15) is 11.5 Å². The molecule has 1 aromatic heterocycles. The van der Waals surface area contributed by atoms with Crippen LogP contribution in [0.4, 0.5) is 10.5 Å². The van der Waals surface area contributed by atoms with Gasteiger partial charge in [0.15, 0.2) is 5.01 Å². The van der Waals surface area contributed by atoms with Gasteiger partial charge < -0.3 is 9.47 Å².